The zero-order valence-corrected chi connectivity index (χ0v) is 15.9. The summed E-state index contributed by atoms with van der Waals surface area (Å²) >= 11 is 6.09. The van der Waals surface area contributed by atoms with E-state index in [4.69, 9.17) is 22.1 Å². The van der Waals surface area contributed by atoms with Crippen molar-refractivity contribution in [2.75, 3.05) is 25.5 Å². The van der Waals surface area contributed by atoms with Crippen molar-refractivity contribution in [1.29, 1.82) is 0 Å². The predicted octanol–water partition coefficient (Wildman–Crippen LogP) is 2.83. The van der Waals surface area contributed by atoms with E-state index in [0.717, 1.165) is 11.1 Å². The number of amides is 2. The van der Waals surface area contributed by atoms with Crippen LogP contribution < -0.4 is 11.1 Å². The van der Waals surface area contributed by atoms with Crippen molar-refractivity contribution in [3.63, 3.8) is 0 Å². The van der Waals surface area contributed by atoms with E-state index in [1.165, 1.54) is 4.90 Å². The first-order valence-electron chi connectivity index (χ1n) is 8.55. The highest BCUT2D eigenvalue weighted by molar-refractivity contribution is 6.31. The molecule has 0 aliphatic heterocycles. The molecule has 7 nitrogen and oxygen atoms in total. The van der Waals surface area contributed by atoms with Gasteiger partial charge in [0.15, 0.2) is 0 Å². The number of carbonyl (C=O) groups is 2. The Bertz CT molecular complexity index is 768. The number of nitrogens with one attached hydrogen (secondary N) is 1. The highest BCUT2D eigenvalue weighted by Crippen LogP contribution is 2.16. The summed E-state index contributed by atoms with van der Waals surface area (Å²) in [6.45, 7) is 0.768. The summed E-state index contributed by atoms with van der Waals surface area (Å²) in [7, 11) is 1.67. The standard InChI is InChI=1S/C19H23ClN4O3/c1-24(18(25)9-7-15-4-2-3-5-16(15)20)10-11-27-19(26)23-17-8-6-14(12-21)13-22-17/h2-6,8,13H,7,9-12,21H2,1H3,(H,22,23,26). The maximum absolute atomic E-state index is 12.2. The van der Waals surface area contributed by atoms with Gasteiger partial charge in [0.1, 0.15) is 12.4 Å². The molecule has 0 atom stereocenters. The fraction of sp³-hybridized carbons (Fsp3) is 0.316. The second-order valence-corrected chi connectivity index (χ2v) is 6.33. The molecule has 1 heterocycles. The fourth-order valence-electron chi connectivity index (χ4n) is 2.29. The first kappa shape index (κ1) is 20.7. The minimum Gasteiger partial charge on any atom is -0.447 e. The lowest BCUT2D eigenvalue weighted by atomic mass is 10.1. The number of anilines is 1. The molecular formula is C19H23ClN4O3. The van der Waals surface area contributed by atoms with E-state index in [1.54, 1.807) is 31.4 Å². The van der Waals surface area contributed by atoms with Crippen molar-refractivity contribution >= 4 is 29.4 Å². The molecule has 0 saturated carbocycles. The molecule has 0 bridgehead atoms. The number of nitrogens with two attached hydrogens (primary N) is 1. The van der Waals surface area contributed by atoms with E-state index in [9.17, 15) is 9.59 Å². The van der Waals surface area contributed by atoms with Crippen molar-refractivity contribution in [2.24, 2.45) is 5.73 Å². The zero-order chi connectivity index (χ0) is 19.6. The van der Waals surface area contributed by atoms with Crippen LogP contribution in [0.1, 0.15) is 17.5 Å². The summed E-state index contributed by atoms with van der Waals surface area (Å²) in [6, 6.07) is 10.9. The third-order valence-electron chi connectivity index (χ3n) is 3.94. The molecular weight excluding hydrogens is 368 g/mol. The summed E-state index contributed by atoms with van der Waals surface area (Å²) < 4.78 is 5.08. The molecule has 0 saturated heterocycles. The van der Waals surface area contributed by atoms with E-state index in [-0.39, 0.29) is 12.5 Å². The van der Waals surface area contributed by atoms with Gasteiger partial charge in [0.05, 0.1) is 6.54 Å². The summed E-state index contributed by atoms with van der Waals surface area (Å²) in [5.41, 5.74) is 7.29. The Morgan fingerprint density at radius 1 is 1.26 bits per heavy atom. The molecule has 1 aromatic carbocycles. The number of hydrogen-bond acceptors (Lipinski definition) is 5. The molecule has 2 amide bonds. The topological polar surface area (TPSA) is 97.6 Å². The van der Waals surface area contributed by atoms with Gasteiger partial charge >= 0.3 is 6.09 Å². The normalized spacial score (nSPS) is 10.3. The minimum absolute atomic E-state index is 0.0435. The number of benzene rings is 1. The Morgan fingerprint density at radius 3 is 2.70 bits per heavy atom. The van der Waals surface area contributed by atoms with Crippen LogP contribution in [-0.2, 0) is 22.5 Å². The zero-order valence-electron chi connectivity index (χ0n) is 15.2. The lowest BCUT2D eigenvalue weighted by Gasteiger charge is -2.17. The van der Waals surface area contributed by atoms with Gasteiger partial charge in [-0.1, -0.05) is 35.9 Å². The Balaban J connectivity index is 1.68. The minimum atomic E-state index is -0.625. The second kappa shape index (κ2) is 10.5. The predicted molar refractivity (Wildman–Crippen MR) is 105 cm³/mol. The van der Waals surface area contributed by atoms with Crippen LogP contribution in [0.2, 0.25) is 5.02 Å². The Hall–Kier alpha value is -2.64. The monoisotopic (exact) mass is 390 g/mol. The molecule has 8 heteroatoms. The summed E-state index contributed by atoms with van der Waals surface area (Å²) in [4.78, 5) is 29.5. The SMILES string of the molecule is CN(CCOC(=O)Nc1ccc(CN)cn1)C(=O)CCc1ccccc1Cl. The van der Waals surface area contributed by atoms with Gasteiger partial charge in [-0.3, -0.25) is 10.1 Å². The van der Waals surface area contributed by atoms with Crippen LogP contribution in [0, 0.1) is 0 Å². The van der Waals surface area contributed by atoms with Crippen LogP contribution in [0.3, 0.4) is 0 Å². The first-order chi connectivity index (χ1) is 13.0. The smallest absolute Gasteiger partial charge is 0.412 e. The number of halogens is 1. The molecule has 0 aliphatic carbocycles. The largest absolute Gasteiger partial charge is 0.447 e. The molecule has 0 aliphatic rings. The van der Waals surface area contributed by atoms with Crippen molar-refractivity contribution in [2.45, 2.75) is 19.4 Å². The van der Waals surface area contributed by atoms with Gasteiger partial charge in [0.25, 0.3) is 0 Å². The summed E-state index contributed by atoms with van der Waals surface area (Å²) in [5.74, 6) is 0.333. The molecule has 2 aromatic rings. The van der Waals surface area contributed by atoms with Gasteiger partial charge in [0, 0.05) is 31.2 Å². The third-order valence-corrected chi connectivity index (χ3v) is 4.31. The number of aromatic nitrogens is 1. The molecule has 3 N–H and O–H groups in total. The molecule has 1 aromatic heterocycles. The maximum Gasteiger partial charge on any atom is 0.412 e. The molecule has 27 heavy (non-hydrogen) atoms. The number of carbonyl (C=O) groups excluding carboxylic acids is 2. The Kier molecular flexibility index (Phi) is 8.03. The van der Waals surface area contributed by atoms with Crippen LogP contribution in [0.4, 0.5) is 10.6 Å². The second-order valence-electron chi connectivity index (χ2n) is 5.92. The van der Waals surface area contributed by atoms with Crippen molar-refractivity contribution in [3.05, 3.63) is 58.7 Å². The lowest BCUT2D eigenvalue weighted by Crippen LogP contribution is -2.31. The first-order valence-corrected chi connectivity index (χ1v) is 8.93. The Labute approximate surface area is 163 Å². The number of hydrogen-bond donors (Lipinski definition) is 2. The highest BCUT2D eigenvalue weighted by Gasteiger charge is 2.11. The molecule has 0 fully saturated rings. The number of nitrogens with zero attached hydrogens (tertiary/aromatic N) is 2. The molecule has 0 radical (unpaired) electrons. The Morgan fingerprint density at radius 2 is 2.04 bits per heavy atom. The molecule has 2 rings (SSSR count). The van der Waals surface area contributed by atoms with E-state index < -0.39 is 6.09 Å². The van der Waals surface area contributed by atoms with E-state index in [1.807, 2.05) is 18.2 Å². The van der Waals surface area contributed by atoms with E-state index in [2.05, 4.69) is 10.3 Å². The van der Waals surface area contributed by atoms with Gasteiger partial charge in [-0.25, -0.2) is 9.78 Å². The molecule has 0 spiro atoms. The number of likely N-dealkylation sites (N-methyl/N-ethyl adjacent to an activating group) is 1. The average molecular weight is 391 g/mol. The number of pyridine rings is 1. The highest BCUT2D eigenvalue weighted by atomic mass is 35.5. The number of ether oxygens (including phenoxy) is 1. The lowest BCUT2D eigenvalue weighted by molar-refractivity contribution is -0.130. The van der Waals surface area contributed by atoms with Crippen LogP contribution in [0.15, 0.2) is 42.6 Å². The van der Waals surface area contributed by atoms with Crippen molar-refractivity contribution < 1.29 is 14.3 Å². The van der Waals surface area contributed by atoms with Crippen molar-refractivity contribution in [1.82, 2.24) is 9.88 Å². The summed E-state index contributed by atoms with van der Waals surface area (Å²) in [6.07, 6.45) is 1.86. The van der Waals surface area contributed by atoms with Gasteiger partial charge < -0.3 is 15.4 Å². The van der Waals surface area contributed by atoms with Crippen LogP contribution >= 0.6 is 11.6 Å². The van der Waals surface area contributed by atoms with Gasteiger partial charge in [-0.05, 0) is 29.7 Å². The maximum atomic E-state index is 12.2. The van der Waals surface area contributed by atoms with Gasteiger partial charge in [0.2, 0.25) is 5.91 Å². The molecule has 0 unspecified atom stereocenters. The van der Waals surface area contributed by atoms with Crippen molar-refractivity contribution in [3.8, 4) is 0 Å². The summed E-state index contributed by atoms with van der Waals surface area (Å²) in [5, 5.41) is 3.17. The average Bonchev–Trinajstić information content (AvgIpc) is 2.67. The van der Waals surface area contributed by atoms with E-state index >= 15 is 0 Å². The number of aryl methyl sites for hydroxylation is 1. The van der Waals surface area contributed by atoms with Gasteiger partial charge in [-0.2, -0.15) is 0 Å². The van der Waals surface area contributed by atoms with Crippen LogP contribution in [-0.4, -0.2) is 42.1 Å². The van der Waals surface area contributed by atoms with Crippen LogP contribution in [0.25, 0.3) is 0 Å². The van der Waals surface area contributed by atoms with Crippen LogP contribution in [0.5, 0.6) is 0 Å². The fourth-order valence-corrected chi connectivity index (χ4v) is 2.52. The number of rotatable bonds is 8. The quantitative estimate of drug-likeness (QED) is 0.722. The third kappa shape index (κ3) is 6.88. The van der Waals surface area contributed by atoms with Gasteiger partial charge in [-0.15, -0.1) is 0 Å². The molecule has 144 valence electrons. The van der Waals surface area contributed by atoms with E-state index in [0.29, 0.717) is 36.8 Å².